The van der Waals surface area contributed by atoms with E-state index < -0.39 is 11.7 Å². The molecule has 144 valence electrons. The summed E-state index contributed by atoms with van der Waals surface area (Å²) in [5.41, 5.74) is 8.20. The van der Waals surface area contributed by atoms with Gasteiger partial charge < -0.3 is 10.3 Å². The molecular weight excluding hydrogens is 349 g/mol. The van der Waals surface area contributed by atoms with Crippen LogP contribution in [0.3, 0.4) is 0 Å². The van der Waals surface area contributed by atoms with Crippen molar-refractivity contribution in [3.63, 3.8) is 0 Å². The number of hydrogen-bond donors (Lipinski definition) is 1. The molecule has 3 aromatic rings. The van der Waals surface area contributed by atoms with E-state index in [1.54, 1.807) is 12.1 Å². The monoisotopic (exact) mass is 374 g/mol. The molecule has 0 bridgehead atoms. The third kappa shape index (κ3) is 4.03. The third-order valence-electron chi connectivity index (χ3n) is 4.59. The maximum atomic E-state index is 13.4. The molecule has 0 aliphatic rings. The van der Waals surface area contributed by atoms with E-state index in [2.05, 4.69) is 25.3 Å². The van der Waals surface area contributed by atoms with Gasteiger partial charge in [-0.25, -0.2) is 0 Å². The van der Waals surface area contributed by atoms with Crippen LogP contribution in [-0.2, 0) is 12.7 Å². The molecule has 0 aliphatic carbocycles. The summed E-state index contributed by atoms with van der Waals surface area (Å²) in [6.45, 7) is 9.07. The van der Waals surface area contributed by atoms with Crippen molar-refractivity contribution in [2.75, 3.05) is 0 Å². The van der Waals surface area contributed by atoms with Crippen molar-refractivity contribution in [3.8, 4) is 11.1 Å². The number of fused-ring (bicyclic) bond motifs is 1. The fourth-order valence-electron chi connectivity index (χ4n) is 3.47. The Bertz CT molecular complexity index is 960. The lowest BCUT2D eigenvalue weighted by Crippen LogP contribution is -2.14. The second-order valence-electron chi connectivity index (χ2n) is 8.34. The quantitative estimate of drug-likeness (QED) is 0.565. The Hall–Kier alpha value is -2.27. The third-order valence-corrected chi connectivity index (χ3v) is 4.59. The molecule has 0 amide bonds. The summed E-state index contributed by atoms with van der Waals surface area (Å²) in [5.74, 6) is 0. The van der Waals surface area contributed by atoms with E-state index in [1.165, 1.54) is 12.1 Å². The van der Waals surface area contributed by atoms with Gasteiger partial charge >= 0.3 is 6.18 Å². The highest BCUT2D eigenvalue weighted by atomic mass is 19.4. The van der Waals surface area contributed by atoms with E-state index in [0.717, 1.165) is 29.1 Å². The van der Waals surface area contributed by atoms with Gasteiger partial charge in [-0.15, -0.1) is 0 Å². The Balaban J connectivity index is 2.23. The highest BCUT2D eigenvalue weighted by molar-refractivity contribution is 5.89. The fourth-order valence-corrected chi connectivity index (χ4v) is 3.47. The van der Waals surface area contributed by atoms with Gasteiger partial charge in [0.1, 0.15) is 0 Å². The van der Waals surface area contributed by atoms with Crippen LogP contribution >= 0.6 is 0 Å². The smallest absolute Gasteiger partial charge is 0.347 e. The number of halogens is 3. The summed E-state index contributed by atoms with van der Waals surface area (Å²) in [7, 11) is 0. The molecule has 1 heterocycles. The summed E-state index contributed by atoms with van der Waals surface area (Å²) in [4.78, 5) is 0. The minimum absolute atomic E-state index is 0.0287. The van der Waals surface area contributed by atoms with Gasteiger partial charge in [0.15, 0.2) is 0 Å². The lowest BCUT2D eigenvalue weighted by Gasteiger charge is -2.20. The number of hydrogen-bond acceptors (Lipinski definition) is 1. The minimum atomic E-state index is -4.39. The summed E-state index contributed by atoms with van der Waals surface area (Å²) < 4.78 is 42.4. The zero-order chi connectivity index (χ0) is 20.0. The Kier molecular flexibility index (Phi) is 4.85. The maximum absolute atomic E-state index is 13.4. The maximum Gasteiger partial charge on any atom is 0.417 e. The van der Waals surface area contributed by atoms with Crippen LogP contribution in [-0.4, -0.2) is 4.57 Å². The number of nitrogens with zero attached hydrogens (tertiary/aromatic N) is 1. The molecule has 0 saturated carbocycles. The molecule has 0 saturated heterocycles. The Morgan fingerprint density at radius 1 is 1.04 bits per heavy atom. The first-order valence-corrected chi connectivity index (χ1v) is 9.02. The van der Waals surface area contributed by atoms with E-state index in [9.17, 15) is 13.2 Å². The summed E-state index contributed by atoms with van der Waals surface area (Å²) in [6.07, 6.45) is -2.37. The highest BCUT2D eigenvalue weighted by Gasteiger charge is 2.33. The largest absolute Gasteiger partial charge is 0.417 e. The Morgan fingerprint density at radius 2 is 1.70 bits per heavy atom. The van der Waals surface area contributed by atoms with E-state index >= 15 is 0 Å². The van der Waals surface area contributed by atoms with Crippen molar-refractivity contribution in [1.29, 1.82) is 0 Å². The normalized spacial score (nSPS) is 13.9. The van der Waals surface area contributed by atoms with Crippen LogP contribution < -0.4 is 5.73 Å². The van der Waals surface area contributed by atoms with Crippen molar-refractivity contribution < 1.29 is 13.2 Å². The predicted molar refractivity (Wildman–Crippen MR) is 104 cm³/mol. The first-order chi connectivity index (χ1) is 12.5. The van der Waals surface area contributed by atoms with E-state index in [1.807, 2.05) is 25.3 Å². The van der Waals surface area contributed by atoms with Crippen LogP contribution in [0.4, 0.5) is 13.2 Å². The van der Waals surface area contributed by atoms with Crippen molar-refractivity contribution >= 4 is 10.9 Å². The number of alkyl halides is 3. The van der Waals surface area contributed by atoms with Gasteiger partial charge in [-0.2, -0.15) is 13.2 Å². The molecule has 0 aliphatic heterocycles. The Labute approximate surface area is 157 Å². The molecule has 1 aromatic heterocycles. The van der Waals surface area contributed by atoms with Crippen molar-refractivity contribution in [1.82, 2.24) is 4.57 Å². The molecular formula is C22H25F3N2. The van der Waals surface area contributed by atoms with Gasteiger partial charge in [0.2, 0.25) is 0 Å². The lowest BCUT2D eigenvalue weighted by atomic mass is 9.96. The van der Waals surface area contributed by atoms with Crippen LogP contribution in [0.5, 0.6) is 0 Å². The first kappa shape index (κ1) is 19.5. The number of nitrogens with two attached hydrogens (primary N) is 1. The van der Waals surface area contributed by atoms with Crippen molar-refractivity contribution in [2.45, 2.75) is 46.5 Å². The van der Waals surface area contributed by atoms with Crippen molar-refractivity contribution in [2.24, 2.45) is 11.1 Å². The standard InChI is InChI=1S/C22H25F3N2/c1-14(26)18-12-27(13-21(2,3)4)20-11-15(9-10-17(18)20)16-7-5-6-8-19(16)22(23,24)25/h5-12,14H,13,26H2,1-4H3/t14-/m1/s1. The van der Waals surface area contributed by atoms with Crippen LogP contribution in [0.25, 0.3) is 22.0 Å². The molecule has 2 N–H and O–H groups in total. The van der Waals surface area contributed by atoms with Gasteiger partial charge in [0.05, 0.1) is 5.56 Å². The minimum Gasteiger partial charge on any atom is -0.347 e. The van der Waals surface area contributed by atoms with Gasteiger partial charge in [-0.3, -0.25) is 0 Å². The van der Waals surface area contributed by atoms with E-state index in [-0.39, 0.29) is 17.0 Å². The van der Waals surface area contributed by atoms with Crippen LogP contribution in [0, 0.1) is 5.41 Å². The molecule has 0 radical (unpaired) electrons. The summed E-state index contributed by atoms with van der Waals surface area (Å²) in [6, 6.07) is 11.0. The lowest BCUT2D eigenvalue weighted by molar-refractivity contribution is -0.137. The fraction of sp³-hybridized carbons (Fsp3) is 0.364. The average Bonchev–Trinajstić information content (AvgIpc) is 2.90. The van der Waals surface area contributed by atoms with Crippen LogP contribution in [0.2, 0.25) is 0 Å². The molecule has 2 nitrogen and oxygen atoms in total. The van der Waals surface area contributed by atoms with Gasteiger partial charge in [0.25, 0.3) is 0 Å². The number of benzene rings is 2. The van der Waals surface area contributed by atoms with Crippen LogP contribution in [0.1, 0.15) is 44.9 Å². The average molecular weight is 374 g/mol. The molecule has 5 heteroatoms. The molecule has 3 rings (SSSR count). The molecule has 0 fully saturated rings. The predicted octanol–water partition coefficient (Wildman–Crippen LogP) is 6.39. The number of aromatic nitrogens is 1. The zero-order valence-corrected chi connectivity index (χ0v) is 16.1. The molecule has 1 atom stereocenters. The molecule has 2 aromatic carbocycles. The highest BCUT2D eigenvalue weighted by Crippen LogP contribution is 2.38. The zero-order valence-electron chi connectivity index (χ0n) is 16.1. The van der Waals surface area contributed by atoms with Crippen molar-refractivity contribution in [3.05, 3.63) is 59.8 Å². The number of rotatable bonds is 3. The van der Waals surface area contributed by atoms with E-state index in [4.69, 9.17) is 5.73 Å². The van der Waals surface area contributed by atoms with E-state index in [0.29, 0.717) is 5.56 Å². The molecule has 0 spiro atoms. The molecule has 0 unspecified atom stereocenters. The second kappa shape index (κ2) is 6.71. The second-order valence-corrected chi connectivity index (χ2v) is 8.34. The SMILES string of the molecule is C[C@@H](N)c1cn(CC(C)(C)C)c2cc(-c3ccccc3C(F)(F)F)ccc12. The summed E-state index contributed by atoms with van der Waals surface area (Å²) >= 11 is 0. The first-order valence-electron chi connectivity index (χ1n) is 9.02. The van der Waals surface area contributed by atoms with Gasteiger partial charge in [-0.05, 0) is 41.2 Å². The van der Waals surface area contributed by atoms with Crippen LogP contribution in [0.15, 0.2) is 48.7 Å². The Morgan fingerprint density at radius 3 is 2.30 bits per heavy atom. The molecule has 27 heavy (non-hydrogen) atoms. The van der Waals surface area contributed by atoms with Gasteiger partial charge in [0, 0.05) is 29.7 Å². The topological polar surface area (TPSA) is 30.9 Å². The van der Waals surface area contributed by atoms with Gasteiger partial charge in [-0.1, -0.05) is 51.1 Å². The summed E-state index contributed by atoms with van der Waals surface area (Å²) in [5, 5.41) is 0.988.